The predicted molar refractivity (Wildman–Crippen MR) is 119 cm³/mol. The summed E-state index contributed by atoms with van der Waals surface area (Å²) in [5.41, 5.74) is 5.84. The number of hydrogen-bond donors (Lipinski definition) is 1. The van der Waals surface area contributed by atoms with Gasteiger partial charge in [0.25, 0.3) is 5.91 Å². The Morgan fingerprint density at radius 3 is 2.70 bits per heavy atom. The SMILES string of the molecule is Cc1ccc(CCCC(=O)Nc2ccc3c(c2)CCN3C(=O)c2cccnc2)cc1. The maximum Gasteiger partial charge on any atom is 0.259 e. The quantitative estimate of drug-likeness (QED) is 0.661. The molecule has 0 spiro atoms. The molecule has 5 heteroatoms. The van der Waals surface area contributed by atoms with Crippen molar-refractivity contribution in [2.75, 3.05) is 16.8 Å². The van der Waals surface area contributed by atoms with Crippen molar-refractivity contribution in [2.45, 2.75) is 32.6 Å². The van der Waals surface area contributed by atoms with Crippen LogP contribution in [0.2, 0.25) is 0 Å². The Labute approximate surface area is 176 Å². The van der Waals surface area contributed by atoms with Crippen molar-refractivity contribution in [1.82, 2.24) is 4.98 Å². The van der Waals surface area contributed by atoms with E-state index in [1.54, 1.807) is 29.4 Å². The summed E-state index contributed by atoms with van der Waals surface area (Å²) in [4.78, 5) is 30.9. The molecular formula is C25H25N3O2. The first-order valence-electron chi connectivity index (χ1n) is 10.3. The van der Waals surface area contributed by atoms with E-state index < -0.39 is 0 Å². The molecular weight excluding hydrogens is 374 g/mol. The zero-order chi connectivity index (χ0) is 20.9. The number of carbonyl (C=O) groups excluding carboxylic acids is 2. The van der Waals surface area contributed by atoms with Crippen LogP contribution in [0.3, 0.4) is 0 Å². The highest BCUT2D eigenvalue weighted by Crippen LogP contribution is 2.31. The molecule has 2 aromatic carbocycles. The molecule has 0 fully saturated rings. The Balaban J connectivity index is 1.33. The van der Waals surface area contributed by atoms with E-state index in [1.165, 1.54) is 11.1 Å². The predicted octanol–water partition coefficient (Wildman–Crippen LogP) is 4.55. The summed E-state index contributed by atoms with van der Waals surface area (Å²) in [6.45, 7) is 2.71. The second kappa shape index (κ2) is 8.91. The third kappa shape index (κ3) is 4.57. The molecule has 0 atom stereocenters. The van der Waals surface area contributed by atoms with Gasteiger partial charge in [0.15, 0.2) is 0 Å². The summed E-state index contributed by atoms with van der Waals surface area (Å²) < 4.78 is 0. The molecule has 3 aromatic rings. The van der Waals surface area contributed by atoms with Crippen LogP contribution in [0, 0.1) is 6.92 Å². The van der Waals surface area contributed by atoms with Crippen LogP contribution in [0.1, 0.15) is 39.9 Å². The fourth-order valence-corrected chi connectivity index (χ4v) is 3.77. The van der Waals surface area contributed by atoms with Crippen LogP contribution in [-0.2, 0) is 17.6 Å². The lowest BCUT2D eigenvalue weighted by Crippen LogP contribution is -2.28. The number of amides is 2. The fraction of sp³-hybridized carbons (Fsp3) is 0.240. The smallest absolute Gasteiger partial charge is 0.259 e. The summed E-state index contributed by atoms with van der Waals surface area (Å²) in [6.07, 6.45) is 6.21. The molecule has 30 heavy (non-hydrogen) atoms. The minimum Gasteiger partial charge on any atom is -0.326 e. The topological polar surface area (TPSA) is 62.3 Å². The Morgan fingerprint density at radius 2 is 1.93 bits per heavy atom. The first-order chi connectivity index (χ1) is 14.6. The van der Waals surface area contributed by atoms with E-state index in [2.05, 4.69) is 41.5 Å². The van der Waals surface area contributed by atoms with Crippen molar-refractivity contribution in [1.29, 1.82) is 0 Å². The van der Waals surface area contributed by atoms with E-state index in [1.807, 2.05) is 18.2 Å². The fourth-order valence-electron chi connectivity index (χ4n) is 3.77. The van der Waals surface area contributed by atoms with Gasteiger partial charge in [-0.25, -0.2) is 0 Å². The van der Waals surface area contributed by atoms with Gasteiger partial charge in [0.05, 0.1) is 5.56 Å². The van der Waals surface area contributed by atoms with E-state index in [0.717, 1.165) is 36.2 Å². The Hall–Kier alpha value is -3.47. The molecule has 2 amide bonds. The van der Waals surface area contributed by atoms with E-state index >= 15 is 0 Å². The third-order valence-electron chi connectivity index (χ3n) is 5.40. The number of pyridine rings is 1. The molecule has 0 radical (unpaired) electrons. The summed E-state index contributed by atoms with van der Waals surface area (Å²) in [5.74, 6) is -0.0295. The van der Waals surface area contributed by atoms with Gasteiger partial charge in [-0.15, -0.1) is 0 Å². The number of nitrogens with one attached hydrogen (secondary N) is 1. The van der Waals surface area contributed by atoms with E-state index in [9.17, 15) is 9.59 Å². The molecule has 0 unspecified atom stereocenters. The van der Waals surface area contributed by atoms with E-state index in [4.69, 9.17) is 0 Å². The molecule has 4 rings (SSSR count). The van der Waals surface area contributed by atoms with Gasteiger partial charge in [-0.2, -0.15) is 0 Å². The summed E-state index contributed by atoms with van der Waals surface area (Å²) >= 11 is 0. The molecule has 1 aliphatic heterocycles. The highest BCUT2D eigenvalue weighted by Gasteiger charge is 2.26. The standard InChI is InChI=1S/C25H25N3O2/c1-18-7-9-19(10-8-18)4-2-6-24(29)27-22-11-12-23-20(16-22)13-15-28(23)25(30)21-5-3-14-26-17-21/h3,5,7-12,14,16-17H,2,4,6,13,15H2,1H3,(H,27,29). The van der Waals surface area contributed by atoms with Gasteiger partial charge in [-0.05, 0) is 67.6 Å². The monoisotopic (exact) mass is 399 g/mol. The van der Waals surface area contributed by atoms with E-state index in [0.29, 0.717) is 18.5 Å². The van der Waals surface area contributed by atoms with Gasteiger partial charge < -0.3 is 10.2 Å². The zero-order valence-electron chi connectivity index (χ0n) is 17.1. The minimum atomic E-state index is -0.0465. The highest BCUT2D eigenvalue weighted by molar-refractivity contribution is 6.07. The maximum atomic E-state index is 12.7. The lowest BCUT2D eigenvalue weighted by molar-refractivity contribution is -0.116. The molecule has 0 aliphatic carbocycles. The zero-order valence-corrected chi connectivity index (χ0v) is 17.1. The van der Waals surface area contributed by atoms with Crippen LogP contribution in [0.15, 0.2) is 67.0 Å². The second-order valence-corrected chi connectivity index (χ2v) is 7.68. The number of aryl methyl sites for hydroxylation is 2. The van der Waals surface area contributed by atoms with Crippen LogP contribution in [-0.4, -0.2) is 23.3 Å². The molecule has 0 saturated heterocycles. The van der Waals surface area contributed by atoms with E-state index in [-0.39, 0.29) is 11.8 Å². The van der Waals surface area contributed by atoms with Crippen molar-refractivity contribution in [2.24, 2.45) is 0 Å². The van der Waals surface area contributed by atoms with Gasteiger partial charge in [0, 0.05) is 36.7 Å². The highest BCUT2D eigenvalue weighted by atomic mass is 16.2. The average Bonchev–Trinajstić information content (AvgIpc) is 3.18. The molecule has 152 valence electrons. The van der Waals surface area contributed by atoms with Crippen LogP contribution in [0.25, 0.3) is 0 Å². The number of rotatable bonds is 6. The number of aromatic nitrogens is 1. The largest absolute Gasteiger partial charge is 0.326 e. The van der Waals surface area contributed by atoms with Gasteiger partial charge in [0.2, 0.25) is 5.91 Å². The van der Waals surface area contributed by atoms with Gasteiger partial charge >= 0.3 is 0 Å². The molecule has 1 aliphatic rings. The molecule has 1 N–H and O–H groups in total. The van der Waals surface area contributed by atoms with Crippen LogP contribution in [0.5, 0.6) is 0 Å². The van der Waals surface area contributed by atoms with Crippen LogP contribution in [0.4, 0.5) is 11.4 Å². The molecule has 5 nitrogen and oxygen atoms in total. The van der Waals surface area contributed by atoms with Crippen molar-refractivity contribution in [3.8, 4) is 0 Å². The number of anilines is 2. The summed E-state index contributed by atoms with van der Waals surface area (Å²) in [7, 11) is 0. The first-order valence-corrected chi connectivity index (χ1v) is 10.3. The Bertz CT molecular complexity index is 1050. The lowest BCUT2D eigenvalue weighted by Gasteiger charge is -2.17. The molecule has 0 saturated carbocycles. The maximum absolute atomic E-state index is 12.7. The lowest BCUT2D eigenvalue weighted by atomic mass is 10.1. The van der Waals surface area contributed by atoms with Gasteiger partial charge in [-0.1, -0.05) is 29.8 Å². The van der Waals surface area contributed by atoms with Crippen LogP contribution < -0.4 is 10.2 Å². The van der Waals surface area contributed by atoms with Crippen molar-refractivity contribution in [3.05, 3.63) is 89.2 Å². The number of hydrogen-bond acceptors (Lipinski definition) is 3. The summed E-state index contributed by atoms with van der Waals surface area (Å²) in [6, 6.07) is 17.7. The number of fused-ring (bicyclic) bond motifs is 1. The average molecular weight is 399 g/mol. The number of nitrogens with zero attached hydrogens (tertiary/aromatic N) is 2. The number of carbonyl (C=O) groups is 2. The Kier molecular flexibility index (Phi) is 5.89. The molecule has 1 aromatic heterocycles. The Morgan fingerprint density at radius 1 is 1.10 bits per heavy atom. The molecule has 0 bridgehead atoms. The van der Waals surface area contributed by atoms with Crippen LogP contribution >= 0.6 is 0 Å². The van der Waals surface area contributed by atoms with Gasteiger partial charge in [-0.3, -0.25) is 14.6 Å². The minimum absolute atomic E-state index is 0.0170. The molecule has 2 heterocycles. The van der Waals surface area contributed by atoms with Crippen molar-refractivity contribution in [3.63, 3.8) is 0 Å². The van der Waals surface area contributed by atoms with Crippen molar-refractivity contribution >= 4 is 23.2 Å². The normalized spacial score (nSPS) is 12.5. The van der Waals surface area contributed by atoms with Gasteiger partial charge in [0.1, 0.15) is 0 Å². The first kappa shape index (κ1) is 19.8. The van der Waals surface area contributed by atoms with Crippen molar-refractivity contribution < 1.29 is 9.59 Å². The third-order valence-corrected chi connectivity index (χ3v) is 5.40. The number of benzene rings is 2. The summed E-state index contributed by atoms with van der Waals surface area (Å²) in [5, 5.41) is 2.99. The second-order valence-electron chi connectivity index (χ2n) is 7.68.